The number of aliphatic carboxylic acids is 1. The predicted molar refractivity (Wildman–Crippen MR) is 161 cm³/mol. The number of hydrogen-bond donors (Lipinski definition) is 3. The summed E-state index contributed by atoms with van der Waals surface area (Å²) in [6, 6.07) is 0. The molecule has 0 bridgehead atoms. The van der Waals surface area contributed by atoms with Crippen LogP contribution in [0.3, 0.4) is 0 Å². The van der Waals surface area contributed by atoms with Crippen LogP contribution in [0.15, 0.2) is 16.8 Å². The molecule has 2 N–H and O–H groups in total. The molecular formula is C34H50N2O3S. The Morgan fingerprint density at radius 3 is 2.38 bits per heavy atom. The van der Waals surface area contributed by atoms with E-state index in [-0.39, 0.29) is 38.9 Å². The third-order valence-electron chi connectivity index (χ3n) is 14.7. The number of thiol groups is 1. The maximum atomic E-state index is 13.2. The van der Waals surface area contributed by atoms with Crippen LogP contribution in [-0.4, -0.2) is 26.2 Å². The van der Waals surface area contributed by atoms with Crippen molar-refractivity contribution in [2.24, 2.45) is 50.7 Å². The minimum Gasteiger partial charge on any atom is -0.493 e. The van der Waals surface area contributed by atoms with Crippen molar-refractivity contribution in [2.45, 2.75) is 124 Å². The molecule has 6 rings (SSSR count). The number of allylic oxidation sites excluding steroid dienone is 2. The first kappa shape index (κ1) is 28.6. The molecule has 3 saturated carbocycles. The van der Waals surface area contributed by atoms with Crippen LogP contribution in [-0.2, 0) is 16.6 Å². The van der Waals surface area contributed by atoms with Gasteiger partial charge in [-0.15, -0.1) is 12.6 Å². The van der Waals surface area contributed by atoms with E-state index in [1.807, 2.05) is 0 Å². The quantitative estimate of drug-likeness (QED) is 0.192. The number of carboxylic acids is 1. The Labute approximate surface area is 246 Å². The lowest BCUT2D eigenvalue weighted by Crippen LogP contribution is -2.66. The van der Waals surface area contributed by atoms with Gasteiger partial charge in [-0.25, -0.2) is 4.98 Å². The second kappa shape index (κ2) is 8.51. The van der Waals surface area contributed by atoms with E-state index in [9.17, 15) is 15.0 Å². The second-order valence-corrected chi connectivity index (χ2v) is 16.5. The van der Waals surface area contributed by atoms with E-state index in [1.54, 1.807) is 0 Å². The highest BCUT2D eigenvalue weighted by Gasteiger charge is 2.71. The van der Waals surface area contributed by atoms with Crippen LogP contribution < -0.4 is 0 Å². The van der Waals surface area contributed by atoms with Crippen LogP contribution in [0.4, 0.5) is 0 Å². The predicted octanol–water partition coefficient (Wildman–Crippen LogP) is 8.01. The third kappa shape index (κ3) is 3.21. The monoisotopic (exact) mass is 566 g/mol. The van der Waals surface area contributed by atoms with Gasteiger partial charge in [-0.3, -0.25) is 4.79 Å². The van der Waals surface area contributed by atoms with Gasteiger partial charge >= 0.3 is 5.97 Å². The summed E-state index contributed by atoms with van der Waals surface area (Å²) in [7, 11) is 0. The van der Waals surface area contributed by atoms with Crippen molar-refractivity contribution in [3.63, 3.8) is 0 Å². The zero-order valence-electron chi connectivity index (χ0n) is 25.9. The van der Waals surface area contributed by atoms with Gasteiger partial charge in [-0.05, 0) is 97.2 Å². The number of aromatic nitrogens is 2. The molecule has 5 aliphatic carbocycles. The Hall–Kier alpha value is -1.56. The topological polar surface area (TPSA) is 83.3 Å². The van der Waals surface area contributed by atoms with E-state index < -0.39 is 11.4 Å². The van der Waals surface area contributed by atoms with Crippen LogP contribution in [0.2, 0.25) is 0 Å². The molecule has 40 heavy (non-hydrogen) atoms. The fraction of sp³-hybridized carbons (Fsp3) is 0.794. The summed E-state index contributed by atoms with van der Waals surface area (Å²) in [5, 5.41) is 22.2. The average molecular weight is 567 g/mol. The molecule has 1 aromatic rings. The summed E-state index contributed by atoms with van der Waals surface area (Å²) in [6.07, 6.45) is 11.1. The van der Waals surface area contributed by atoms with Crippen molar-refractivity contribution >= 4 is 18.6 Å². The summed E-state index contributed by atoms with van der Waals surface area (Å²) < 4.78 is 0. The molecule has 3 fully saturated rings. The largest absolute Gasteiger partial charge is 0.493 e. The minimum atomic E-state index is -0.646. The van der Waals surface area contributed by atoms with E-state index in [1.165, 1.54) is 5.57 Å². The number of fused-ring (bicyclic) bond motifs is 8. The molecule has 0 aliphatic heterocycles. The van der Waals surface area contributed by atoms with Crippen molar-refractivity contribution in [3.05, 3.63) is 22.9 Å². The summed E-state index contributed by atoms with van der Waals surface area (Å²) in [5.74, 6) is 0.979. The number of hydrogen-bond acceptors (Lipinski definition) is 5. The van der Waals surface area contributed by atoms with Crippen LogP contribution in [0, 0.1) is 50.7 Å². The van der Waals surface area contributed by atoms with Gasteiger partial charge in [-0.2, -0.15) is 4.98 Å². The summed E-state index contributed by atoms with van der Waals surface area (Å²) in [5.41, 5.74) is 2.46. The molecule has 0 spiro atoms. The molecule has 1 heterocycles. The van der Waals surface area contributed by atoms with Gasteiger partial charge < -0.3 is 10.2 Å². The lowest BCUT2D eigenvalue weighted by Gasteiger charge is -2.71. The maximum Gasteiger partial charge on any atom is 0.310 e. The summed E-state index contributed by atoms with van der Waals surface area (Å²) in [6.45, 7) is 19.2. The summed E-state index contributed by atoms with van der Waals surface area (Å²) >= 11 is 4.41. The molecule has 5 aliphatic rings. The molecule has 220 valence electrons. The first-order chi connectivity index (χ1) is 18.5. The van der Waals surface area contributed by atoms with Crippen LogP contribution in [0.1, 0.15) is 118 Å². The van der Waals surface area contributed by atoms with Crippen LogP contribution in [0.5, 0.6) is 5.88 Å². The zero-order valence-corrected chi connectivity index (χ0v) is 26.8. The molecule has 0 unspecified atom stereocenters. The minimum absolute atomic E-state index is 0.0199. The molecule has 0 radical (unpaired) electrons. The van der Waals surface area contributed by atoms with Gasteiger partial charge in [0.25, 0.3) is 0 Å². The van der Waals surface area contributed by atoms with E-state index in [2.05, 4.69) is 79.1 Å². The molecular weight excluding hydrogens is 516 g/mol. The lowest BCUT2D eigenvalue weighted by molar-refractivity contribution is -0.188. The van der Waals surface area contributed by atoms with Gasteiger partial charge in [0.2, 0.25) is 5.88 Å². The van der Waals surface area contributed by atoms with E-state index in [0.29, 0.717) is 22.9 Å². The van der Waals surface area contributed by atoms with E-state index in [4.69, 9.17) is 4.98 Å². The molecule has 0 aromatic carbocycles. The normalized spacial score (nSPS) is 47.1. The molecule has 0 saturated heterocycles. The van der Waals surface area contributed by atoms with Gasteiger partial charge in [-0.1, -0.05) is 67.0 Å². The first-order valence-electron chi connectivity index (χ1n) is 15.8. The van der Waals surface area contributed by atoms with Crippen molar-refractivity contribution < 1.29 is 15.0 Å². The molecule has 1 aromatic heterocycles. The van der Waals surface area contributed by atoms with Gasteiger partial charge in [0, 0.05) is 16.9 Å². The first-order valence-corrected chi connectivity index (χ1v) is 16.2. The van der Waals surface area contributed by atoms with Crippen LogP contribution in [0.25, 0.3) is 0 Å². The van der Waals surface area contributed by atoms with Gasteiger partial charge in [0.15, 0.2) is 5.16 Å². The molecule has 5 nitrogen and oxygen atoms in total. The van der Waals surface area contributed by atoms with Crippen LogP contribution >= 0.6 is 12.6 Å². The Kier molecular flexibility index (Phi) is 6.07. The Morgan fingerprint density at radius 1 is 1.02 bits per heavy atom. The number of rotatable bonds is 2. The number of aromatic hydroxyl groups is 1. The highest BCUT2D eigenvalue weighted by Crippen LogP contribution is 2.76. The smallest absolute Gasteiger partial charge is 0.310 e. The van der Waals surface area contributed by atoms with Crippen molar-refractivity contribution in [2.75, 3.05) is 0 Å². The molecule has 9 atom stereocenters. The average Bonchev–Trinajstić information content (AvgIpc) is 2.87. The van der Waals surface area contributed by atoms with Crippen molar-refractivity contribution in [1.29, 1.82) is 0 Å². The SMILES string of the molecule is CC[C@]1(C)[C@H](C)CC[C@]2(C(=O)O)CC[C@]3(C)C(=CC[C@@H]4[C@@]5(C)Cc6c(O)nc(S)nc6C(C)(C)[C@@H]5CC[C@]43C)[C@@H]21. The van der Waals surface area contributed by atoms with Crippen molar-refractivity contribution in [3.8, 4) is 5.88 Å². The fourth-order valence-electron chi connectivity index (χ4n) is 12.1. The summed E-state index contributed by atoms with van der Waals surface area (Å²) in [4.78, 5) is 22.2. The molecule has 6 heteroatoms. The van der Waals surface area contributed by atoms with E-state index >= 15 is 0 Å². The zero-order chi connectivity index (χ0) is 29.3. The maximum absolute atomic E-state index is 13.2. The Bertz CT molecular complexity index is 1310. The van der Waals surface area contributed by atoms with Crippen molar-refractivity contribution in [1.82, 2.24) is 9.97 Å². The number of carboxylic acid groups (broad SMARTS) is 1. The molecule has 0 amide bonds. The fourth-order valence-corrected chi connectivity index (χ4v) is 12.3. The Balaban J connectivity index is 1.51. The lowest BCUT2D eigenvalue weighted by atomic mass is 9.32. The highest BCUT2D eigenvalue weighted by molar-refractivity contribution is 7.80. The second-order valence-electron chi connectivity index (χ2n) is 16.1. The van der Waals surface area contributed by atoms with E-state index in [0.717, 1.165) is 69.0 Å². The number of nitrogens with zero attached hydrogens (tertiary/aromatic N) is 2. The number of carbonyl (C=O) groups is 1. The Morgan fingerprint density at radius 2 is 1.73 bits per heavy atom. The highest BCUT2D eigenvalue weighted by atomic mass is 32.1. The van der Waals surface area contributed by atoms with Gasteiger partial charge in [0.1, 0.15) is 0 Å². The standard InChI is InChI=1S/C34H50N2O3S/c1-9-30(5)19(2)12-15-34(27(38)39)17-16-32(7)21(24(30)34)10-11-23-31(6)18-20-25(35-28(40)36-26(20)37)29(3,4)22(31)13-14-33(23,32)8/h10,19,22-24H,9,11-18H2,1-8H3,(H,38,39)(H2,35,36,37,40)/t19-,22+,23-,24-,30-,31+,32-,33-,34+/m1/s1. The third-order valence-corrected chi connectivity index (χ3v) is 14.9. The van der Waals surface area contributed by atoms with Gasteiger partial charge in [0.05, 0.1) is 11.1 Å².